The van der Waals surface area contributed by atoms with Crippen LogP contribution in [0.25, 0.3) is 0 Å². The third kappa shape index (κ3) is 8.97. The molecule has 0 aliphatic heterocycles. The van der Waals surface area contributed by atoms with Crippen molar-refractivity contribution in [3.63, 3.8) is 0 Å². The van der Waals surface area contributed by atoms with Crippen molar-refractivity contribution in [2.75, 3.05) is 19.8 Å². The van der Waals surface area contributed by atoms with Gasteiger partial charge in [-0.15, -0.1) is 0 Å². The molecule has 3 rings (SSSR count). The summed E-state index contributed by atoms with van der Waals surface area (Å²) in [5.74, 6) is -3.36. The lowest BCUT2D eigenvalue weighted by Gasteiger charge is -2.27. The highest BCUT2D eigenvalue weighted by molar-refractivity contribution is 6.29. The molecule has 11 heteroatoms. The highest BCUT2D eigenvalue weighted by Crippen LogP contribution is 2.26. The minimum Gasteiger partial charge on any atom is -0.482 e. The SMILES string of the molecule is CCOC(=O)COc1ccc2c(c1)C[C@@H](NC[C@H](O)c1cccc(Cl)n1)CC2.O=C(O)C(=O)O. The lowest BCUT2D eigenvalue weighted by Crippen LogP contribution is -2.37. The van der Waals surface area contributed by atoms with Crippen LogP contribution in [-0.2, 0) is 32.0 Å². The standard InChI is InChI=1S/C21H25ClN2O4.C2H2O4/c1-2-27-21(26)13-28-17-9-7-14-6-8-16(10-15(14)11-17)23-12-19(25)18-4-3-5-20(22)24-18;3-1(4)2(5)6/h3-5,7,9,11,16,19,23,25H,2,6,8,10,12-13H2,1H3;(H,3,4)(H,5,6)/t16-,19-;/m0./s1. The maximum atomic E-state index is 11.4. The van der Waals surface area contributed by atoms with Crippen molar-refractivity contribution < 1.29 is 39.2 Å². The van der Waals surface area contributed by atoms with Crippen molar-refractivity contribution >= 4 is 29.5 Å². The van der Waals surface area contributed by atoms with Gasteiger partial charge in [-0.3, -0.25) is 0 Å². The quantitative estimate of drug-likeness (QED) is 0.243. The Balaban J connectivity index is 0.000000604. The van der Waals surface area contributed by atoms with E-state index in [1.165, 1.54) is 11.1 Å². The van der Waals surface area contributed by atoms with E-state index < -0.39 is 18.0 Å². The lowest BCUT2D eigenvalue weighted by atomic mass is 9.88. The Hall–Kier alpha value is -3.21. The Morgan fingerprint density at radius 3 is 2.56 bits per heavy atom. The summed E-state index contributed by atoms with van der Waals surface area (Å²) in [6.45, 7) is 2.43. The number of carboxylic acid groups (broad SMARTS) is 2. The third-order valence-corrected chi connectivity index (χ3v) is 5.14. The molecule has 184 valence electrons. The predicted octanol–water partition coefficient (Wildman–Crippen LogP) is 2.01. The second-order valence-corrected chi connectivity index (χ2v) is 7.77. The minimum absolute atomic E-state index is 0.0901. The molecule has 0 saturated heterocycles. The van der Waals surface area contributed by atoms with Gasteiger partial charge in [0.05, 0.1) is 12.3 Å². The van der Waals surface area contributed by atoms with Gasteiger partial charge in [-0.25, -0.2) is 19.4 Å². The van der Waals surface area contributed by atoms with E-state index in [0.717, 1.165) is 19.3 Å². The van der Waals surface area contributed by atoms with Gasteiger partial charge in [0.1, 0.15) is 17.0 Å². The summed E-state index contributed by atoms with van der Waals surface area (Å²) < 4.78 is 10.4. The summed E-state index contributed by atoms with van der Waals surface area (Å²) in [6.07, 6.45) is 2.07. The zero-order valence-corrected chi connectivity index (χ0v) is 19.3. The van der Waals surface area contributed by atoms with Crippen molar-refractivity contribution in [1.29, 1.82) is 0 Å². The number of benzene rings is 1. The number of carboxylic acids is 2. The number of hydrogen-bond acceptors (Lipinski definition) is 8. The van der Waals surface area contributed by atoms with Crippen molar-refractivity contribution in [2.45, 2.75) is 38.3 Å². The number of halogens is 1. The molecule has 0 amide bonds. The molecule has 1 aliphatic carbocycles. The average molecular weight is 495 g/mol. The molecule has 1 aliphatic rings. The fourth-order valence-electron chi connectivity index (χ4n) is 3.33. The van der Waals surface area contributed by atoms with Gasteiger partial charge in [-0.2, -0.15) is 0 Å². The first-order valence-corrected chi connectivity index (χ1v) is 11.0. The number of aliphatic hydroxyl groups excluding tert-OH is 1. The fourth-order valence-corrected chi connectivity index (χ4v) is 3.51. The molecular formula is C23H27ClN2O8. The minimum atomic E-state index is -1.82. The normalized spacial score (nSPS) is 15.2. The van der Waals surface area contributed by atoms with Gasteiger partial charge >= 0.3 is 17.9 Å². The van der Waals surface area contributed by atoms with Crippen LogP contribution in [0.15, 0.2) is 36.4 Å². The van der Waals surface area contributed by atoms with Crippen LogP contribution in [0.5, 0.6) is 5.75 Å². The Kier molecular flexibility index (Phi) is 10.7. The smallest absolute Gasteiger partial charge is 0.414 e. The first-order valence-electron chi connectivity index (χ1n) is 10.6. The van der Waals surface area contributed by atoms with Gasteiger partial charge in [0, 0.05) is 12.6 Å². The molecule has 0 unspecified atom stereocenters. The van der Waals surface area contributed by atoms with E-state index in [4.69, 9.17) is 40.9 Å². The fraction of sp³-hybridized carbons (Fsp3) is 0.391. The number of aromatic nitrogens is 1. The molecule has 2 atom stereocenters. The second kappa shape index (κ2) is 13.5. The molecule has 0 bridgehead atoms. The molecule has 1 heterocycles. The number of rotatable bonds is 8. The molecule has 0 radical (unpaired) electrons. The van der Waals surface area contributed by atoms with Crippen LogP contribution in [0.3, 0.4) is 0 Å². The van der Waals surface area contributed by atoms with Gasteiger partial charge in [0.25, 0.3) is 0 Å². The van der Waals surface area contributed by atoms with E-state index in [1.54, 1.807) is 25.1 Å². The van der Waals surface area contributed by atoms with Gasteiger partial charge in [-0.05, 0) is 61.6 Å². The van der Waals surface area contributed by atoms with E-state index in [-0.39, 0.29) is 18.6 Å². The monoisotopic (exact) mass is 494 g/mol. The largest absolute Gasteiger partial charge is 0.482 e. The number of aryl methyl sites for hydroxylation is 1. The van der Waals surface area contributed by atoms with E-state index in [1.807, 2.05) is 12.1 Å². The molecule has 0 fully saturated rings. The number of ether oxygens (including phenoxy) is 2. The van der Waals surface area contributed by atoms with E-state index >= 15 is 0 Å². The second-order valence-electron chi connectivity index (χ2n) is 7.38. The molecule has 1 aromatic heterocycles. The van der Waals surface area contributed by atoms with Crippen LogP contribution >= 0.6 is 11.6 Å². The van der Waals surface area contributed by atoms with Crippen LogP contribution in [0.4, 0.5) is 0 Å². The Bertz CT molecular complexity index is 989. The summed E-state index contributed by atoms with van der Waals surface area (Å²) in [7, 11) is 0. The maximum absolute atomic E-state index is 11.4. The Morgan fingerprint density at radius 1 is 1.18 bits per heavy atom. The van der Waals surface area contributed by atoms with Gasteiger partial charge in [0.15, 0.2) is 6.61 Å². The number of nitrogens with zero attached hydrogens (tertiary/aromatic N) is 1. The summed E-state index contributed by atoms with van der Waals surface area (Å²) >= 11 is 5.89. The average Bonchev–Trinajstić information content (AvgIpc) is 2.81. The van der Waals surface area contributed by atoms with Crippen LogP contribution in [-0.4, -0.2) is 64.0 Å². The molecular weight excluding hydrogens is 468 g/mol. The molecule has 4 N–H and O–H groups in total. The van der Waals surface area contributed by atoms with Crippen molar-refractivity contribution in [2.24, 2.45) is 0 Å². The number of pyridine rings is 1. The number of fused-ring (bicyclic) bond motifs is 1. The van der Waals surface area contributed by atoms with Gasteiger partial charge in [0.2, 0.25) is 0 Å². The van der Waals surface area contributed by atoms with E-state index in [0.29, 0.717) is 29.7 Å². The van der Waals surface area contributed by atoms with E-state index in [9.17, 15) is 9.90 Å². The summed E-state index contributed by atoms with van der Waals surface area (Å²) in [4.78, 5) is 33.8. The molecule has 0 saturated carbocycles. The topological polar surface area (TPSA) is 155 Å². The highest BCUT2D eigenvalue weighted by Gasteiger charge is 2.20. The van der Waals surface area contributed by atoms with Crippen LogP contribution < -0.4 is 10.1 Å². The number of aliphatic hydroxyl groups is 1. The zero-order chi connectivity index (χ0) is 25.1. The zero-order valence-electron chi connectivity index (χ0n) is 18.6. The van der Waals surface area contributed by atoms with Gasteiger partial charge < -0.3 is 30.1 Å². The number of aliphatic carboxylic acids is 2. The van der Waals surface area contributed by atoms with Gasteiger partial charge in [-0.1, -0.05) is 23.7 Å². The Morgan fingerprint density at radius 2 is 1.91 bits per heavy atom. The number of hydrogen-bond donors (Lipinski definition) is 4. The van der Waals surface area contributed by atoms with Crippen molar-refractivity contribution in [3.8, 4) is 5.75 Å². The first-order chi connectivity index (χ1) is 16.2. The summed E-state index contributed by atoms with van der Waals surface area (Å²) in [5.41, 5.74) is 3.05. The summed E-state index contributed by atoms with van der Waals surface area (Å²) in [6, 6.07) is 11.4. The van der Waals surface area contributed by atoms with Crippen molar-refractivity contribution in [1.82, 2.24) is 10.3 Å². The number of esters is 1. The summed E-state index contributed by atoms with van der Waals surface area (Å²) in [5, 5.41) is 28.9. The Labute approximate surface area is 201 Å². The number of nitrogens with one attached hydrogen (secondary N) is 1. The van der Waals surface area contributed by atoms with E-state index in [2.05, 4.69) is 16.4 Å². The van der Waals surface area contributed by atoms with Crippen LogP contribution in [0.2, 0.25) is 5.15 Å². The number of carbonyl (C=O) groups excluding carboxylic acids is 1. The highest BCUT2D eigenvalue weighted by atomic mass is 35.5. The molecule has 10 nitrogen and oxygen atoms in total. The molecule has 1 aromatic carbocycles. The lowest BCUT2D eigenvalue weighted by molar-refractivity contribution is -0.159. The molecule has 34 heavy (non-hydrogen) atoms. The number of carbonyl (C=O) groups is 3. The maximum Gasteiger partial charge on any atom is 0.414 e. The molecule has 2 aromatic rings. The van der Waals surface area contributed by atoms with Crippen molar-refractivity contribution in [3.05, 3.63) is 58.4 Å². The third-order valence-electron chi connectivity index (χ3n) is 4.93. The first kappa shape index (κ1) is 27.0. The molecule has 0 spiro atoms. The van der Waals surface area contributed by atoms with Crippen LogP contribution in [0, 0.1) is 0 Å². The predicted molar refractivity (Wildman–Crippen MR) is 122 cm³/mol. The van der Waals surface area contributed by atoms with Crippen LogP contribution in [0.1, 0.15) is 36.3 Å².